The summed E-state index contributed by atoms with van der Waals surface area (Å²) in [4.78, 5) is 31.9. The molecule has 1 aromatic heterocycles. The molecule has 0 saturated heterocycles. The zero-order chi connectivity index (χ0) is 18.5. The van der Waals surface area contributed by atoms with Crippen LogP contribution < -0.4 is 10.6 Å². The average Bonchev–Trinajstić information content (AvgIpc) is 2.63. The standard InChI is InChI=1S/C20H18N4O2/c1-13-4-3-5-18(10-13)23-19(26)16-11-21-20(22-12-16)24-17-8-6-15(7-9-17)14(2)25/h3-12H,1-2H3,(H,23,26)(H,21,22,24). The van der Waals surface area contributed by atoms with Crippen LogP contribution in [-0.4, -0.2) is 21.7 Å². The second-order valence-corrected chi connectivity index (χ2v) is 5.88. The minimum absolute atomic E-state index is 0.0109. The third-order valence-electron chi connectivity index (χ3n) is 3.74. The van der Waals surface area contributed by atoms with Crippen LogP contribution in [0.3, 0.4) is 0 Å². The maximum atomic E-state index is 12.3. The van der Waals surface area contributed by atoms with E-state index < -0.39 is 0 Å². The molecule has 2 aromatic carbocycles. The van der Waals surface area contributed by atoms with E-state index in [1.54, 1.807) is 24.3 Å². The molecule has 26 heavy (non-hydrogen) atoms. The molecule has 0 aliphatic heterocycles. The first-order valence-corrected chi connectivity index (χ1v) is 8.09. The number of benzene rings is 2. The lowest BCUT2D eigenvalue weighted by Crippen LogP contribution is -2.13. The van der Waals surface area contributed by atoms with Gasteiger partial charge in [0.05, 0.1) is 5.56 Å². The molecule has 6 nitrogen and oxygen atoms in total. The topological polar surface area (TPSA) is 84.0 Å². The first kappa shape index (κ1) is 17.3. The van der Waals surface area contributed by atoms with Crippen LogP contribution in [0.15, 0.2) is 60.9 Å². The van der Waals surface area contributed by atoms with Gasteiger partial charge in [-0.25, -0.2) is 9.97 Å². The Morgan fingerprint density at radius 1 is 0.885 bits per heavy atom. The molecular formula is C20H18N4O2. The van der Waals surface area contributed by atoms with Crippen LogP contribution >= 0.6 is 0 Å². The molecule has 0 aliphatic carbocycles. The number of nitrogens with one attached hydrogen (secondary N) is 2. The normalized spacial score (nSPS) is 10.2. The number of hydrogen-bond donors (Lipinski definition) is 2. The Morgan fingerprint density at radius 3 is 2.19 bits per heavy atom. The van der Waals surface area contributed by atoms with Crippen molar-refractivity contribution in [3.63, 3.8) is 0 Å². The Hall–Kier alpha value is -3.54. The van der Waals surface area contributed by atoms with E-state index in [1.807, 2.05) is 31.2 Å². The van der Waals surface area contributed by atoms with Crippen molar-refractivity contribution in [2.45, 2.75) is 13.8 Å². The second kappa shape index (κ2) is 7.57. The van der Waals surface area contributed by atoms with Crippen LogP contribution in [0.5, 0.6) is 0 Å². The summed E-state index contributed by atoms with van der Waals surface area (Å²) >= 11 is 0. The third kappa shape index (κ3) is 4.30. The molecule has 0 atom stereocenters. The summed E-state index contributed by atoms with van der Waals surface area (Å²) in [6.45, 7) is 3.48. The highest BCUT2D eigenvalue weighted by molar-refractivity contribution is 6.03. The predicted octanol–water partition coefficient (Wildman–Crippen LogP) is 3.98. The van der Waals surface area contributed by atoms with Crippen molar-refractivity contribution in [1.82, 2.24) is 9.97 Å². The van der Waals surface area contributed by atoms with Crippen LogP contribution in [0.2, 0.25) is 0 Å². The molecule has 1 amide bonds. The van der Waals surface area contributed by atoms with Gasteiger partial charge in [-0.15, -0.1) is 0 Å². The number of aryl methyl sites for hydroxylation is 1. The summed E-state index contributed by atoms with van der Waals surface area (Å²) in [7, 11) is 0. The molecule has 2 N–H and O–H groups in total. The van der Waals surface area contributed by atoms with Gasteiger partial charge >= 0.3 is 0 Å². The Balaban J connectivity index is 1.66. The summed E-state index contributed by atoms with van der Waals surface area (Å²) < 4.78 is 0. The van der Waals surface area contributed by atoms with Crippen molar-refractivity contribution in [3.05, 3.63) is 77.6 Å². The summed E-state index contributed by atoms with van der Waals surface area (Å²) in [6.07, 6.45) is 2.93. The Kier molecular flexibility index (Phi) is 5.03. The van der Waals surface area contributed by atoms with Gasteiger partial charge in [-0.1, -0.05) is 12.1 Å². The molecule has 0 aliphatic rings. The number of aromatic nitrogens is 2. The number of carbonyl (C=O) groups excluding carboxylic acids is 2. The van der Waals surface area contributed by atoms with E-state index in [1.165, 1.54) is 19.3 Å². The molecule has 0 unspecified atom stereocenters. The molecule has 0 fully saturated rings. The van der Waals surface area contributed by atoms with Crippen LogP contribution in [0, 0.1) is 6.92 Å². The van der Waals surface area contributed by atoms with E-state index in [2.05, 4.69) is 20.6 Å². The molecule has 3 rings (SSSR count). The van der Waals surface area contributed by atoms with Crippen molar-refractivity contribution in [1.29, 1.82) is 0 Å². The van der Waals surface area contributed by atoms with Gasteiger partial charge in [0.2, 0.25) is 5.95 Å². The highest BCUT2D eigenvalue weighted by atomic mass is 16.1. The number of anilines is 3. The quantitative estimate of drug-likeness (QED) is 0.683. The summed E-state index contributed by atoms with van der Waals surface area (Å²) in [5, 5.41) is 5.84. The molecule has 0 spiro atoms. The fraction of sp³-hybridized carbons (Fsp3) is 0.100. The Bertz CT molecular complexity index is 935. The van der Waals surface area contributed by atoms with Gasteiger partial charge in [0.1, 0.15) is 0 Å². The highest BCUT2D eigenvalue weighted by Crippen LogP contribution is 2.15. The van der Waals surface area contributed by atoms with E-state index in [9.17, 15) is 9.59 Å². The van der Waals surface area contributed by atoms with E-state index in [0.717, 1.165) is 16.9 Å². The molecule has 1 heterocycles. The number of ketones is 1. The van der Waals surface area contributed by atoms with Gasteiger partial charge in [-0.2, -0.15) is 0 Å². The lowest BCUT2D eigenvalue weighted by Gasteiger charge is -2.07. The van der Waals surface area contributed by atoms with Crippen LogP contribution in [0.4, 0.5) is 17.3 Å². The van der Waals surface area contributed by atoms with Crippen molar-refractivity contribution in [2.24, 2.45) is 0 Å². The average molecular weight is 346 g/mol. The maximum Gasteiger partial charge on any atom is 0.258 e. The molecule has 6 heteroatoms. The van der Waals surface area contributed by atoms with Crippen molar-refractivity contribution in [3.8, 4) is 0 Å². The van der Waals surface area contributed by atoms with Gasteiger partial charge in [-0.05, 0) is 55.8 Å². The zero-order valence-corrected chi connectivity index (χ0v) is 14.5. The largest absolute Gasteiger partial charge is 0.324 e. The number of Topliss-reactive ketones (excluding diaryl/α,β-unsaturated/α-hetero) is 1. The van der Waals surface area contributed by atoms with Gasteiger partial charge in [0.15, 0.2) is 5.78 Å². The van der Waals surface area contributed by atoms with Gasteiger partial charge in [0, 0.05) is 29.3 Å². The molecule has 0 saturated carbocycles. The van der Waals surface area contributed by atoms with E-state index in [4.69, 9.17) is 0 Å². The third-order valence-corrected chi connectivity index (χ3v) is 3.74. The van der Waals surface area contributed by atoms with Gasteiger partial charge in [-0.3, -0.25) is 9.59 Å². The van der Waals surface area contributed by atoms with Crippen LogP contribution in [-0.2, 0) is 0 Å². The van der Waals surface area contributed by atoms with E-state index in [0.29, 0.717) is 17.1 Å². The number of nitrogens with zero attached hydrogens (tertiary/aromatic N) is 2. The molecule has 0 bridgehead atoms. The van der Waals surface area contributed by atoms with Crippen molar-refractivity contribution in [2.75, 3.05) is 10.6 Å². The maximum absolute atomic E-state index is 12.3. The molecule has 130 valence electrons. The molecule has 0 radical (unpaired) electrons. The van der Waals surface area contributed by atoms with Gasteiger partial charge < -0.3 is 10.6 Å². The number of rotatable bonds is 5. The zero-order valence-electron chi connectivity index (χ0n) is 14.5. The highest BCUT2D eigenvalue weighted by Gasteiger charge is 2.08. The first-order valence-electron chi connectivity index (χ1n) is 8.09. The van der Waals surface area contributed by atoms with Crippen molar-refractivity contribution >= 4 is 29.0 Å². The SMILES string of the molecule is CC(=O)c1ccc(Nc2ncc(C(=O)Nc3cccc(C)c3)cn2)cc1. The van der Waals surface area contributed by atoms with E-state index in [-0.39, 0.29) is 11.7 Å². The Labute approximate surface area is 151 Å². The van der Waals surface area contributed by atoms with Gasteiger partial charge in [0.25, 0.3) is 5.91 Å². The number of amides is 1. The Morgan fingerprint density at radius 2 is 1.58 bits per heavy atom. The number of carbonyl (C=O) groups is 2. The summed E-state index contributed by atoms with van der Waals surface area (Å²) in [5.74, 6) is 0.109. The minimum Gasteiger partial charge on any atom is -0.324 e. The fourth-order valence-corrected chi connectivity index (χ4v) is 2.35. The second-order valence-electron chi connectivity index (χ2n) is 5.88. The van der Waals surface area contributed by atoms with Crippen LogP contribution in [0.25, 0.3) is 0 Å². The van der Waals surface area contributed by atoms with Crippen molar-refractivity contribution < 1.29 is 9.59 Å². The fourth-order valence-electron chi connectivity index (χ4n) is 2.35. The molecular weight excluding hydrogens is 328 g/mol. The van der Waals surface area contributed by atoms with E-state index >= 15 is 0 Å². The predicted molar refractivity (Wildman–Crippen MR) is 101 cm³/mol. The summed E-state index contributed by atoms with van der Waals surface area (Å²) in [5.41, 5.74) is 3.55. The monoisotopic (exact) mass is 346 g/mol. The summed E-state index contributed by atoms with van der Waals surface area (Å²) in [6, 6.07) is 14.6. The molecule has 3 aromatic rings. The lowest BCUT2D eigenvalue weighted by molar-refractivity contribution is 0.101. The lowest BCUT2D eigenvalue weighted by atomic mass is 10.1. The van der Waals surface area contributed by atoms with Crippen LogP contribution in [0.1, 0.15) is 33.2 Å². The smallest absolute Gasteiger partial charge is 0.258 e. The first-order chi connectivity index (χ1) is 12.5. The number of hydrogen-bond acceptors (Lipinski definition) is 5. The minimum atomic E-state index is -0.270.